The van der Waals surface area contributed by atoms with E-state index in [9.17, 15) is 9.18 Å². The van der Waals surface area contributed by atoms with Crippen molar-refractivity contribution in [1.82, 2.24) is 24.8 Å². The maximum absolute atomic E-state index is 14.6. The molecular weight excluding hydrogens is 515 g/mol. The first-order chi connectivity index (χ1) is 19.4. The van der Waals surface area contributed by atoms with Crippen LogP contribution in [0.15, 0.2) is 24.5 Å². The van der Waals surface area contributed by atoms with Crippen LogP contribution in [0.25, 0.3) is 11.1 Å². The zero-order chi connectivity index (χ0) is 27.4. The summed E-state index contributed by atoms with van der Waals surface area (Å²) in [6.07, 6.45) is 5.90. The summed E-state index contributed by atoms with van der Waals surface area (Å²) < 4.78 is 26.0. The van der Waals surface area contributed by atoms with Crippen LogP contribution < -0.4 is 20.7 Å². The lowest BCUT2D eigenvalue weighted by molar-refractivity contribution is -0.134. The summed E-state index contributed by atoms with van der Waals surface area (Å²) in [6.45, 7) is 3.71. The molecule has 1 atom stereocenters. The minimum atomic E-state index is -0.316. The molecule has 2 aliphatic heterocycles. The number of ether oxygens (including phenoxy) is 2. The van der Waals surface area contributed by atoms with E-state index in [-0.39, 0.29) is 35.6 Å². The van der Waals surface area contributed by atoms with Crippen molar-refractivity contribution in [2.24, 2.45) is 11.1 Å². The van der Waals surface area contributed by atoms with Gasteiger partial charge in [-0.1, -0.05) is 0 Å². The number of aromatic nitrogens is 4. The number of benzene rings is 1. The van der Waals surface area contributed by atoms with Crippen LogP contribution >= 0.6 is 0 Å². The number of carbonyl (C=O) groups is 1. The highest BCUT2D eigenvalue weighted by molar-refractivity contribution is 5.88. The third-order valence-corrected chi connectivity index (χ3v) is 8.51. The first-order valence-electron chi connectivity index (χ1n) is 13.7. The number of halogens is 1. The Morgan fingerprint density at radius 1 is 1.23 bits per heavy atom. The number of nitrogens with one attached hydrogen (secondary N) is 1. The van der Waals surface area contributed by atoms with Crippen LogP contribution in [0.2, 0.25) is 0 Å². The van der Waals surface area contributed by atoms with Gasteiger partial charge in [-0.25, -0.2) is 14.4 Å². The molecule has 4 aliphatic rings. The van der Waals surface area contributed by atoms with Crippen molar-refractivity contribution >= 4 is 17.4 Å². The molecule has 4 heterocycles. The molecule has 0 bridgehead atoms. The molecule has 40 heavy (non-hydrogen) atoms. The van der Waals surface area contributed by atoms with E-state index in [2.05, 4.69) is 20.2 Å². The lowest BCUT2D eigenvalue weighted by atomic mass is 10.0. The van der Waals surface area contributed by atoms with Crippen molar-refractivity contribution in [2.45, 2.75) is 31.7 Å². The number of amides is 1. The van der Waals surface area contributed by atoms with Crippen molar-refractivity contribution in [3.8, 4) is 22.9 Å². The number of anilines is 2. The van der Waals surface area contributed by atoms with E-state index in [1.54, 1.807) is 18.0 Å². The average molecular weight is 547 g/mol. The summed E-state index contributed by atoms with van der Waals surface area (Å²) in [5.41, 5.74) is 10.8. The highest BCUT2D eigenvalue weighted by Gasteiger charge is 2.54. The molecule has 3 fully saturated rings. The number of hydrogen-bond acceptors (Lipinski definition) is 10. The summed E-state index contributed by atoms with van der Waals surface area (Å²) in [7, 11) is 1.79. The van der Waals surface area contributed by atoms with Gasteiger partial charge in [0.15, 0.2) is 5.75 Å². The molecule has 1 spiro atoms. The topological polar surface area (TPSA) is 132 Å². The summed E-state index contributed by atoms with van der Waals surface area (Å²) in [4.78, 5) is 34.7. The summed E-state index contributed by atoms with van der Waals surface area (Å²) >= 11 is 0. The Morgan fingerprint density at radius 3 is 2.70 bits per heavy atom. The second-order valence-corrected chi connectivity index (χ2v) is 11.0. The van der Waals surface area contributed by atoms with Gasteiger partial charge >= 0.3 is 6.01 Å². The largest absolute Gasteiger partial charge is 0.421 e. The third-order valence-electron chi connectivity index (χ3n) is 8.51. The fourth-order valence-corrected chi connectivity index (χ4v) is 6.09. The Hall–Kier alpha value is -3.90. The van der Waals surface area contributed by atoms with E-state index in [1.807, 2.05) is 0 Å². The Labute approximate surface area is 230 Å². The zero-order valence-electron chi connectivity index (χ0n) is 22.3. The van der Waals surface area contributed by atoms with Gasteiger partial charge in [0.05, 0.1) is 37.7 Å². The van der Waals surface area contributed by atoms with E-state index in [1.165, 1.54) is 18.5 Å². The molecule has 12 heteroatoms. The van der Waals surface area contributed by atoms with Crippen LogP contribution in [-0.4, -0.2) is 83.2 Å². The molecule has 3 N–H and O–H groups in total. The van der Waals surface area contributed by atoms with Crippen molar-refractivity contribution in [3.05, 3.63) is 47.4 Å². The zero-order valence-corrected chi connectivity index (χ0v) is 22.3. The van der Waals surface area contributed by atoms with Gasteiger partial charge in [-0.3, -0.25) is 4.79 Å². The van der Waals surface area contributed by atoms with Gasteiger partial charge in [0.1, 0.15) is 17.5 Å². The number of fused-ring (bicyclic) bond motifs is 3. The quantitative estimate of drug-likeness (QED) is 0.371. The predicted octanol–water partition coefficient (Wildman–Crippen LogP) is 2.14. The highest BCUT2D eigenvalue weighted by atomic mass is 19.1. The van der Waals surface area contributed by atoms with Gasteiger partial charge in [-0.15, -0.1) is 0 Å². The van der Waals surface area contributed by atoms with Crippen molar-refractivity contribution < 1.29 is 18.7 Å². The van der Waals surface area contributed by atoms with Gasteiger partial charge in [-0.2, -0.15) is 9.97 Å². The Morgan fingerprint density at radius 2 is 2.00 bits per heavy atom. The average Bonchev–Trinajstić information content (AvgIpc) is 3.55. The molecule has 2 saturated heterocycles. The summed E-state index contributed by atoms with van der Waals surface area (Å²) in [5.74, 6) is 1.14. The van der Waals surface area contributed by atoms with Gasteiger partial charge in [0.25, 0.3) is 0 Å². The van der Waals surface area contributed by atoms with Gasteiger partial charge < -0.3 is 30.3 Å². The molecular formula is C28H31FN8O3. The Balaban J connectivity index is 1.17. The fraction of sp³-hybridized carbons (Fsp3) is 0.464. The smallest absolute Gasteiger partial charge is 0.324 e. The van der Waals surface area contributed by atoms with E-state index >= 15 is 0 Å². The Kier molecular flexibility index (Phi) is 6.04. The van der Waals surface area contributed by atoms with Crippen LogP contribution in [-0.2, 0) is 22.4 Å². The Bertz CT molecular complexity index is 1470. The molecule has 0 unspecified atom stereocenters. The van der Waals surface area contributed by atoms with Gasteiger partial charge in [0, 0.05) is 62.4 Å². The highest BCUT2D eigenvalue weighted by Crippen LogP contribution is 2.54. The molecule has 1 amide bonds. The summed E-state index contributed by atoms with van der Waals surface area (Å²) in [6, 6.07) is 3.29. The first kappa shape index (κ1) is 25.1. The third kappa shape index (κ3) is 4.40. The summed E-state index contributed by atoms with van der Waals surface area (Å²) in [5, 5.41) is 3.11. The molecule has 7 rings (SSSR count). The van der Waals surface area contributed by atoms with E-state index in [0.29, 0.717) is 56.7 Å². The molecule has 208 valence electrons. The van der Waals surface area contributed by atoms with Crippen molar-refractivity contribution in [2.75, 3.05) is 56.7 Å². The van der Waals surface area contributed by atoms with Crippen LogP contribution in [0.4, 0.5) is 15.9 Å². The second kappa shape index (κ2) is 9.63. The maximum atomic E-state index is 14.6. The SMILES string of the molecule is CNc1cc(F)cc2c1Cc1nc(Oc3cnc(CC(=O)N4CCOCC4)nc3)nc(N3C[C@H](N)C4(CC4)C3)c1-2. The lowest BCUT2D eigenvalue weighted by Gasteiger charge is -2.26. The minimum absolute atomic E-state index is 0.0298. The van der Waals surface area contributed by atoms with Crippen LogP contribution in [0.1, 0.15) is 29.9 Å². The molecule has 1 saturated carbocycles. The first-order valence-corrected chi connectivity index (χ1v) is 13.7. The molecule has 2 aromatic heterocycles. The standard InChI is InChI=1S/C28H31FN8O3/c1-31-20-9-16(29)8-19-18(20)10-21-25(19)26(37-14-22(30)28(15-37)2-3-28)35-27(34-21)40-17-12-32-23(33-13-17)11-24(38)36-4-6-39-7-5-36/h8-9,12-13,22,31H,2-7,10-11,14-15,30H2,1H3/t22-/m0/s1. The van der Waals surface area contributed by atoms with Crippen LogP contribution in [0.5, 0.6) is 11.8 Å². The maximum Gasteiger partial charge on any atom is 0.324 e. The second-order valence-electron chi connectivity index (χ2n) is 11.0. The molecule has 0 radical (unpaired) electrons. The fourth-order valence-electron chi connectivity index (χ4n) is 6.09. The number of carbonyl (C=O) groups excluding carboxylic acids is 1. The van der Waals surface area contributed by atoms with E-state index in [4.69, 9.17) is 25.2 Å². The minimum Gasteiger partial charge on any atom is -0.421 e. The number of hydrogen-bond donors (Lipinski definition) is 2. The number of nitrogens with zero attached hydrogens (tertiary/aromatic N) is 6. The molecule has 3 aromatic rings. The van der Waals surface area contributed by atoms with E-state index in [0.717, 1.165) is 47.5 Å². The molecule has 1 aromatic carbocycles. The van der Waals surface area contributed by atoms with Crippen LogP contribution in [0.3, 0.4) is 0 Å². The number of nitrogens with two attached hydrogens (primary N) is 1. The number of morpholine rings is 1. The van der Waals surface area contributed by atoms with Crippen LogP contribution in [0, 0.1) is 11.2 Å². The molecule has 11 nitrogen and oxygen atoms in total. The van der Waals surface area contributed by atoms with Crippen molar-refractivity contribution in [1.29, 1.82) is 0 Å². The lowest BCUT2D eigenvalue weighted by Crippen LogP contribution is -2.41. The molecule has 2 aliphatic carbocycles. The monoisotopic (exact) mass is 546 g/mol. The van der Waals surface area contributed by atoms with Gasteiger partial charge in [-0.05, 0) is 36.1 Å². The van der Waals surface area contributed by atoms with Gasteiger partial charge in [0.2, 0.25) is 5.91 Å². The number of rotatable bonds is 6. The van der Waals surface area contributed by atoms with E-state index < -0.39 is 0 Å². The normalized spacial score (nSPS) is 20.4. The predicted molar refractivity (Wildman–Crippen MR) is 145 cm³/mol. The van der Waals surface area contributed by atoms with Crippen molar-refractivity contribution in [3.63, 3.8) is 0 Å².